The highest BCUT2D eigenvalue weighted by Gasteiger charge is 2.30. The van der Waals surface area contributed by atoms with E-state index in [0.717, 1.165) is 5.56 Å². The van der Waals surface area contributed by atoms with Gasteiger partial charge in [-0.3, -0.25) is 24.0 Å². The Balaban J connectivity index is 2.14. The molecule has 0 aliphatic carbocycles. The zero-order valence-electron chi connectivity index (χ0n) is 24.2. The van der Waals surface area contributed by atoms with Crippen molar-refractivity contribution in [1.82, 2.24) is 10.6 Å². The van der Waals surface area contributed by atoms with Crippen LogP contribution in [0.4, 0.5) is 0 Å². The Bertz CT molecular complexity index is 1270. The second kappa shape index (κ2) is 15.4. The maximum atomic E-state index is 13.2. The Kier molecular flexibility index (Phi) is 12.3. The molecule has 41 heavy (non-hydrogen) atoms. The molecule has 0 saturated carbocycles. The molecule has 2 aromatic carbocycles. The van der Waals surface area contributed by atoms with Crippen LogP contribution in [0.2, 0.25) is 0 Å². The van der Waals surface area contributed by atoms with E-state index in [4.69, 9.17) is 14.2 Å². The summed E-state index contributed by atoms with van der Waals surface area (Å²) >= 11 is 0. The Hall–Kier alpha value is -4.41. The molecule has 3 N–H and O–H groups in total. The van der Waals surface area contributed by atoms with Crippen LogP contribution in [0.1, 0.15) is 55.6 Å². The molecule has 11 nitrogen and oxygen atoms in total. The monoisotopic (exact) mass is 570 g/mol. The lowest BCUT2D eigenvalue weighted by atomic mass is 10.0. The largest absolute Gasteiger partial charge is 0.496 e. The van der Waals surface area contributed by atoms with Gasteiger partial charge in [0.1, 0.15) is 24.4 Å². The van der Waals surface area contributed by atoms with Gasteiger partial charge in [-0.25, -0.2) is 0 Å². The highest BCUT2D eigenvalue weighted by molar-refractivity contribution is 5.96. The number of carbonyl (C=O) groups is 5. The molecule has 222 valence electrons. The molecule has 0 fully saturated rings. The maximum absolute atomic E-state index is 13.2. The minimum absolute atomic E-state index is 0.176. The Morgan fingerprint density at radius 2 is 1.61 bits per heavy atom. The van der Waals surface area contributed by atoms with E-state index in [9.17, 15) is 29.1 Å². The number of ether oxygens (including phenoxy) is 3. The lowest BCUT2D eigenvalue weighted by molar-refractivity contribution is -0.141. The normalized spacial score (nSPS) is 12.2. The van der Waals surface area contributed by atoms with Crippen molar-refractivity contribution in [2.75, 3.05) is 20.3 Å². The van der Waals surface area contributed by atoms with Gasteiger partial charge in [-0.15, -0.1) is 0 Å². The van der Waals surface area contributed by atoms with E-state index in [1.54, 1.807) is 57.2 Å². The van der Waals surface area contributed by atoms with Crippen LogP contribution in [0, 0.1) is 12.8 Å². The average Bonchev–Trinajstić information content (AvgIpc) is 2.90. The van der Waals surface area contributed by atoms with Crippen molar-refractivity contribution in [1.29, 1.82) is 0 Å². The summed E-state index contributed by atoms with van der Waals surface area (Å²) in [5.41, 5.74) is 1.79. The Morgan fingerprint density at radius 3 is 2.20 bits per heavy atom. The van der Waals surface area contributed by atoms with Gasteiger partial charge in [0, 0.05) is 11.1 Å². The molecule has 0 saturated heterocycles. The molecule has 2 amide bonds. The fourth-order valence-electron chi connectivity index (χ4n) is 4.00. The molecule has 0 aliphatic heterocycles. The van der Waals surface area contributed by atoms with Gasteiger partial charge in [0.05, 0.1) is 26.6 Å². The van der Waals surface area contributed by atoms with Crippen LogP contribution in [0.15, 0.2) is 36.4 Å². The second-order valence-electron chi connectivity index (χ2n) is 9.85. The number of amides is 2. The van der Waals surface area contributed by atoms with Gasteiger partial charge in [0.15, 0.2) is 23.1 Å². The van der Waals surface area contributed by atoms with Gasteiger partial charge >= 0.3 is 5.97 Å². The molecule has 11 heteroatoms. The van der Waals surface area contributed by atoms with Gasteiger partial charge in [0.25, 0.3) is 0 Å². The first-order chi connectivity index (χ1) is 19.4. The number of hydrogen-bond donors (Lipinski definition) is 3. The van der Waals surface area contributed by atoms with Crippen molar-refractivity contribution in [3.63, 3.8) is 0 Å². The first-order valence-corrected chi connectivity index (χ1v) is 13.2. The molecule has 0 spiro atoms. The average molecular weight is 571 g/mol. The van der Waals surface area contributed by atoms with Crippen molar-refractivity contribution < 1.29 is 43.3 Å². The summed E-state index contributed by atoms with van der Waals surface area (Å²) in [5.74, 6) is -2.63. The molecular weight excluding hydrogens is 532 g/mol. The minimum Gasteiger partial charge on any atom is -0.496 e. The van der Waals surface area contributed by atoms with Crippen LogP contribution in [-0.4, -0.2) is 66.9 Å². The highest BCUT2D eigenvalue weighted by atomic mass is 16.5. The number of carboxylic acids is 1. The molecule has 0 radical (unpaired) electrons. The number of methoxy groups -OCH3 is 1. The van der Waals surface area contributed by atoms with Crippen LogP contribution >= 0.6 is 0 Å². The fraction of sp³-hybridized carbons (Fsp3) is 0.433. The third-order valence-electron chi connectivity index (χ3n) is 6.16. The van der Waals surface area contributed by atoms with E-state index >= 15 is 0 Å². The minimum atomic E-state index is -1.40. The third-order valence-corrected chi connectivity index (χ3v) is 6.16. The van der Waals surface area contributed by atoms with Crippen LogP contribution in [0.5, 0.6) is 17.2 Å². The zero-order chi connectivity index (χ0) is 30.7. The summed E-state index contributed by atoms with van der Waals surface area (Å²) in [6, 6.07) is 7.43. The van der Waals surface area contributed by atoms with E-state index in [1.807, 2.05) is 6.92 Å². The summed E-state index contributed by atoms with van der Waals surface area (Å²) in [5, 5.41) is 14.5. The molecule has 2 rings (SSSR count). The highest BCUT2D eigenvalue weighted by Crippen LogP contribution is 2.28. The van der Waals surface area contributed by atoms with E-state index in [-0.39, 0.29) is 12.2 Å². The van der Waals surface area contributed by atoms with E-state index in [2.05, 4.69) is 10.6 Å². The molecule has 0 bridgehead atoms. The Labute approximate surface area is 239 Å². The smallest absolute Gasteiger partial charge is 0.305 e. The zero-order valence-corrected chi connectivity index (χ0v) is 24.2. The second-order valence-corrected chi connectivity index (χ2v) is 9.85. The number of Topliss-reactive ketones (excluding diaryl/α,β-unsaturated/α-hetero) is 2. The van der Waals surface area contributed by atoms with Crippen molar-refractivity contribution in [2.24, 2.45) is 5.92 Å². The summed E-state index contributed by atoms with van der Waals surface area (Å²) in [6.07, 6.45) is -0.848. The number of hydrogen-bond acceptors (Lipinski definition) is 8. The van der Waals surface area contributed by atoms with Gasteiger partial charge in [-0.2, -0.15) is 0 Å². The maximum Gasteiger partial charge on any atom is 0.305 e. The van der Waals surface area contributed by atoms with E-state index < -0.39 is 54.6 Å². The number of aliphatic carboxylic acids is 1. The number of benzene rings is 2. The van der Waals surface area contributed by atoms with Gasteiger partial charge < -0.3 is 30.0 Å². The number of carboxylic acid groups (broad SMARTS) is 1. The number of rotatable bonds is 16. The first-order valence-electron chi connectivity index (χ1n) is 13.2. The van der Waals surface area contributed by atoms with Crippen molar-refractivity contribution in [3.8, 4) is 17.2 Å². The van der Waals surface area contributed by atoms with Crippen LogP contribution in [-0.2, 0) is 25.6 Å². The SMILES string of the molecule is CCOc1cc(C)ccc1OCC(=O)C(CC(=O)O)NC(=O)[C@@H](NC(=O)Cc1cc(C(C)=O)ccc1OC)C(C)C. The standard InChI is InChI=1S/C30H38N2O9/c1-7-40-26-12-18(4)8-10-25(26)41-16-23(34)22(15-28(36)37)31-30(38)29(17(2)3)32-27(35)14-21-13-20(19(5)33)9-11-24(21)39-6/h8-13,17,22,29H,7,14-16H2,1-6H3,(H,31,38)(H,32,35)(H,36,37)/t22?,29-/m0/s1. The van der Waals surface area contributed by atoms with E-state index in [1.165, 1.54) is 14.0 Å². The van der Waals surface area contributed by atoms with Gasteiger partial charge in [0.2, 0.25) is 11.8 Å². The fourth-order valence-corrected chi connectivity index (χ4v) is 4.00. The summed E-state index contributed by atoms with van der Waals surface area (Å²) in [4.78, 5) is 62.4. The Morgan fingerprint density at radius 1 is 0.927 bits per heavy atom. The molecule has 0 aromatic heterocycles. The predicted molar refractivity (Wildman–Crippen MR) is 151 cm³/mol. The number of ketones is 2. The van der Waals surface area contributed by atoms with Gasteiger partial charge in [-0.1, -0.05) is 19.9 Å². The summed E-state index contributed by atoms with van der Waals surface area (Å²) < 4.78 is 16.5. The van der Waals surface area contributed by atoms with Crippen LogP contribution in [0.3, 0.4) is 0 Å². The number of aryl methyl sites for hydroxylation is 1. The van der Waals surface area contributed by atoms with Crippen molar-refractivity contribution in [3.05, 3.63) is 53.1 Å². The molecule has 1 unspecified atom stereocenters. The van der Waals surface area contributed by atoms with Crippen molar-refractivity contribution in [2.45, 2.75) is 59.5 Å². The van der Waals surface area contributed by atoms with Crippen LogP contribution in [0.25, 0.3) is 0 Å². The number of carbonyl (C=O) groups excluding carboxylic acids is 4. The molecule has 2 aromatic rings. The summed E-state index contributed by atoms with van der Waals surface area (Å²) in [6.45, 7) is 8.35. The van der Waals surface area contributed by atoms with E-state index in [0.29, 0.717) is 35.0 Å². The van der Waals surface area contributed by atoms with Gasteiger partial charge in [-0.05, 0) is 62.6 Å². The van der Waals surface area contributed by atoms with Crippen LogP contribution < -0.4 is 24.8 Å². The van der Waals surface area contributed by atoms with Crippen molar-refractivity contribution >= 4 is 29.4 Å². The topological polar surface area (TPSA) is 157 Å². The predicted octanol–water partition coefficient (Wildman–Crippen LogP) is 2.90. The third kappa shape index (κ3) is 9.93. The molecule has 0 heterocycles. The molecule has 0 aliphatic rings. The lowest BCUT2D eigenvalue weighted by Crippen LogP contribution is -2.54. The summed E-state index contributed by atoms with van der Waals surface area (Å²) in [7, 11) is 1.44. The lowest BCUT2D eigenvalue weighted by Gasteiger charge is -2.25. The molecule has 2 atom stereocenters. The molecular formula is C30H38N2O9. The quantitative estimate of drug-likeness (QED) is 0.258. The first kappa shape index (κ1) is 32.8. The number of nitrogens with one attached hydrogen (secondary N) is 2.